The summed E-state index contributed by atoms with van der Waals surface area (Å²) < 4.78 is 10.7. The summed E-state index contributed by atoms with van der Waals surface area (Å²) >= 11 is 0. The van der Waals surface area contributed by atoms with Crippen LogP contribution >= 0.6 is 0 Å². The van der Waals surface area contributed by atoms with Crippen molar-refractivity contribution in [3.8, 4) is 5.75 Å². The second kappa shape index (κ2) is 6.58. The molecule has 1 N–H and O–H groups in total. The number of hydrogen-bond donors (Lipinski definition) is 1. The van der Waals surface area contributed by atoms with E-state index >= 15 is 0 Å². The Hall–Kier alpha value is -2.08. The molecule has 0 aromatic heterocycles. The standard InChI is InChI=1S/C17H22N2O4/c1-17(16(20)18-11-14-4-3-9-22-14)10-15(19-23-17)12-5-7-13(21-2)8-6-12/h5-8,14H,3-4,9-11H2,1-2H3,(H,18,20)/t14-,17-/m0/s1. The number of rotatable bonds is 5. The lowest BCUT2D eigenvalue weighted by Gasteiger charge is -2.21. The maximum absolute atomic E-state index is 12.4. The molecule has 0 spiro atoms. The average Bonchev–Trinajstić information content (AvgIpc) is 3.23. The molecule has 1 saturated heterocycles. The molecule has 0 aliphatic carbocycles. The Kier molecular flexibility index (Phi) is 4.52. The molecule has 1 aromatic rings. The van der Waals surface area contributed by atoms with Gasteiger partial charge in [0.15, 0.2) is 0 Å². The van der Waals surface area contributed by atoms with Crippen LogP contribution in [-0.4, -0.2) is 43.6 Å². The van der Waals surface area contributed by atoms with Gasteiger partial charge in [0.05, 0.1) is 18.9 Å². The van der Waals surface area contributed by atoms with Gasteiger partial charge in [0.1, 0.15) is 5.75 Å². The van der Waals surface area contributed by atoms with E-state index in [1.807, 2.05) is 24.3 Å². The van der Waals surface area contributed by atoms with Crippen molar-refractivity contribution in [3.63, 3.8) is 0 Å². The van der Waals surface area contributed by atoms with Crippen LogP contribution in [0.4, 0.5) is 0 Å². The minimum absolute atomic E-state index is 0.117. The highest BCUT2D eigenvalue weighted by Crippen LogP contribution is 2.27. The van der Waals surface area contributed by atoms with Crippen LogP contribution in [0.25, 0.3) is 0 Å². The first-order valence-corrected chi connectivity index (χ1v) is 7.90. The lowest BCUT2D eigenvalue weighted by Crippen LogP contribution is -2.46. The molecule has 0 radical (unpaired) electrons. The van der Waals surface area contributed by atoms with E-state index in [0.29, 0.717) is 13.0 Å². The van der Waals surface area contributed by atoms with E-state index < -0.39 is 5.60 Å². The van der Waals surface area contributed by atoms with Gasteiger partial charge in [0.2, 0.25) is 5.60 Å². The SMILES string of the molecule is COc1ccc(C2=NO[C@](C)(C(=O)NC[C@@H]3CCCO3)C2)cc1. The van der Waals surface area contributed by atoms with Gasteiger partial charge < -0.3 is 19.6 Å². The molecular weight excluding hydrogens is 296 g/mol. The number of hydrogen-bond acceptors (Lipinski definition) is 5. The first-order chi connectivity index (χ1) is 11.1. The summed E-state index contributed by atoms with van der Waals surface area (Å²) in [4.78, 5) is 17.9. The smallest absolute Gasteiger partial charge is 0.267 e. The fourth-order valence-corrected chi connectivity index (χ4v) is 2.80. The summed E-state index contributed by atoms with van der Waals surface area (Å²) in [5.74, 6) is 0.630. The highest BCUT2D eigenvalue weighted by Gasteiger charge is 2.42. The highest BCUT2D eigenvalue weighted by atomic mass is 16.7. The number of nitrogens with zero attached hydrogens (tertiary/aromatic N) is 1. The Labute approximate surface area is 135 Å². The summed E-state index contributed by atoms with van der Waals surface area (Å²) in [6.07, 6.45) is 2.60. The summed E-state index contributed by atoms with van der Waals surface area (Å²) in [5.41, 5.74) is 0.734. The number of carbonyl (C=O) groups is 1. The summed E-state index contributed by atoms with van der Waals surface area (Å²) in [5, 5.41) is 7.01. The van der Waals surface area contributed by atoms with Crippen LogP contribution in [0.15, 0.2) is 29.4 Å². The molecule has 2 aliphatic rings. The minimum Gasteiger partial charge on any atom is -0.497 e. The second-order valence-corrected chi connectivity index (χ2v) is 6.11. The molecular formula is C17H22N2O4. The zero-order chi connectivity index (χ0) is 16.3. The number of nitrogens with one attached hydrogen (secondary N) is 1. The minimum atomic E-state index is -0.964. The van der Waals surface area contributed by atoms with Crippen LogP contribution in [-0.2, 0) is 14.4 Å². The first-order valence-electron chi connectivity index (χ1n) is 7.90. The summed E-state index contributed by atoms with van der Waals surface area (Å²) in [6.45, 7) is 3.06. The second-order valence-electron chi connectivity index (χ2n) is 6.11. The number of ether oxygens (including phenoxy) is 2. The summed E-state index contributed by atoms with van der Waals surface area (Å²) in [7, 11) is 1.63. The van der Waals surface area contributed by atoms with Gasteiger partial charge >= 0.3 is 0 Å². The fourth-order valence-electron chi connectivity index (χ4n) is 2.80. The van der Waals surface area contributed by atoms with Gasteiger partial charge in [-0.25, -0.2) is 0 Å². The van der Waals surface area contributed by atoms with E-state index in [9.17, 15) is 4.79 Å². The van der Waals surface area contributed by atoms with Crippen LogP contribution in [0.1, 0.15) is 31.7 Å². The van der Waals surface area contributed by atoms with Gasteiger partial charge in [0, 0.05) is 19.6 Å². The van der Waals surface area contributed by atoms with Crippen LogP contribution in [0.5, 0.6) is 5.75 Å². The number of benzene rings is 1. The Balaban J connectivity index is 1.58. The molecule has 6 heteroatoms. The monoisotopic (exact) mass is 318 g/mol. The molecule has 1 aromatic carbocycles. The zero-order valence-corrected chi connectivity index (χ0v) is 13.5. The van der Waals surface area contributed by atoms with Crippen molar-refractivity contribution in [1.29, 1.82) is 0 Å². The molecule has 1 fully saturated rings. The van der Waals surface area contributed by atoms with Crippen LogP contribution in [0.3, 0.4) is 0 Å². The number of carbonyl (C=O) groups excluding carboxylic acids is 1. The molecule has 124 valence electrons. The summed E-state index contributed by atoms with van der Waals surface area (Å²) in [6, 6.07) is 7.56. The van der Waals surface area contributed by atoms with E-state index in [4.69, 9.17) is 14.3 Å². The maximum Gasteiger partial charge on any atom is 0.267 e. The normalized spacial score (nSPS) is 26.5. The van der Waals surface area contributed by atoms with Crippen LogP contribution < -0.4 is 10.1 Å². The Morgan fingerprint density at radius 2 is 2.22 bits per heavy atom. The maximum atomic E-state index is 12.4. The van der Waals surface area contributed by atoms with E-state index in [1.165, 1.54) is 0 Å². The molecule has 2 heterocycles. The molecule has 0 unspecified atom stereocenters. The van der Waals surface area contributed by atoms with Gasteiger partial charge in [-0.15, -0.1) is 0 Å². The number of amides is 1. The molecule has 2 aliphatic heterocycles. The number of methoxy groups -OCH3 is 1. The van der Waals surface area contributed by atoms with E-state index in [0.717, 1.165) is 36.5 Å². The third-order valence-electron chi connectivity index (χ3n) is 4.28. The molecule has 3 rings (SSSR count). The van der Waals surface area contributed by atoms with Crippen molar-refractivity contribution < 1.29 is 19.1 Å². The van der Waals surface area contributed by atoms with Crippen molar-refractivity contribution in [2.75, 3.05) is 20.3 Å². The molecule has 6 nitrogen and oxygen atoms in total. The van der Waals surface area contributed by atoms with Gasteiger partial charge in [-0.3, -0.25) is 4.79 Å². The van der Waals surface area contributed by atoms with E-state index in [2.05, 4.69) is 10.5 Å². The lowest BCUT2D eigenvalue weighted by molar-refractivity contribution is -0.142. The van der Waals surface area contributed by atoms with Gasteiger partial charge in [0.25, 0.3) is 5.91 Å². The van der Waals surface area contributed by atoms with Gasteiger partial charge in [-0.2, -0.15) is 0 Å². The fraction of sp³-hybridized carbons (Fsp3) is 0.529. The van der Waals surface area contributed by atoms with Crippen LogP contribution in [0, 0.1) is 0 Å². The number of oxime groups is 1. The van der Waals surface area contributed by atoms with Crippen molar-refractivity contribution in [2.45, 2.75) is 37.9 Å². The first kappa shape index (κ1) is 15.8. The third kappa shape index (κ3) is 3.47. The Bertz CT molecular complexity index is 593. The average molecular weight is 318 g/mol. The van der Waals surface area contributed by atoms with Crippen molar-refractivity contribution in [2.24, 2.45) is 5.16 Å². The Morgan fingerprint density at radius 3 is 2.87 bits per heavy atom. The van der Waals surface area contributed by atoms with Gasteiger partial charge in [-0.05, 0) is 49.6 Å². The quantitative estimate of drug-likeness (QED) is 0.900. The largest absolute Gasteiger partial charge is 0.497 e. The van der Waals surface area contributed by atoms with E-state index in [1.54, 1.807) is 14.0 Å². The zero-order valence-electron chi connectivity index (χ0n) is 13.5. The molecule has 0 bridgehead atoms. The third-order valence-corrected chi connectivity index (χ3v) is 4.28. The lowest BCUT2D eigenvalue weighted by atomic mass is 9.95. The van der Waals surface area contributed by atoms with Crippen molar-refractivity contribution in [1.82, 2.24) is 5.32 Å². The molecule has 23 heavy (non-hydrogen) atoms. The Morgan fingerprint density at radius 1 is 1.43 bits per heavy atom. The molecule has 1 amide bonds. The van der Waals surface area contributed by atoms with Crippen molar-refractivity contribution >= 4 is 11.6 Å². The topological polar surface area (TPSA) is 69.2 Å². The van der Waals surface area contributed by atoms with Crippen LogP contribution in [0.2, 0.25) is 0 Å². The van der Waals surface area contributed by atoms with E-state index in [-0.39, 0.29) is 12.0 Å². The highest BCUT2D eigenvalue weighted by molar-refractivity contribution is 6.05. The molecule has 2 atom stereocenters. The molecule has 0 saturated carbocycles. The predicted octanol–water partition coefficient (Wildman–Crippen LogP) is 1.87. The van der Waals surface area contributed by atoms with Gasteiger partial charge in [-0.1, -0.05) is 5.16 Å². The predicted molar refractivity (Wildman–Crippen MR) is 85.6 cm³/mol. The van der Waals surface area contributed by atoms with Crippen molar-refractivity contribution in [3.05, 3.63) is 29.8 Å².